The molecule has 0 spiro atoms. The highest BCUT2D eigenvalue weighted by Gasteiger charge is 2.36. The Morgan fingerprint density at radius 2 is 1.37 bits per heavy atom. The van der Waals surface area contributed by atoms with Gasteiger partial charge in [-0.25, -0.2) is 0 Å². The lowest BCUT2D eigenvalue weighted by atomic mass is 9.99. The maximum Gasteiger partial charge on any atom is 0.416 e. The Balaban J connectivity index is 3.54. The minimum absolute atomic E-state index is 0.0971. The lowest BCUT2D eigenvalue weighted by Gasteiger charge is -2.14. The molecule has 19 heavy (non-hydrogen) atoms. The summed E-state index contributed by atoms with van der Waals surface area (Å²) in [7, 11) is 0. The first-order valence-electron chi connectivity index (χ1n) is 5.18. The van der Waals surface area contributed by atoms with E-state index in [0.717, 1.165) is 0 Å². The third-order valence-corrected chi connectivity index (χ3v) is 2.45. The van der Waals surface area contributed by atoms with Crippen LogP contribution in [0.4, 0.5) is 26.3 Å². The smallest absolute Gasteiger partial charge is 0.166 e. The molecule has 0 radical (unpaired) electrons. The van der Waals surface area contributed by atoms with Gasteiger partial charge in [-0.1, -0.05) is 18.7 Å². The molecule has 0 atom stereocenters. The van der Waals surface area contributed by atoms with Crippen LogP contribution >= 0.6 is 0 Å². The molecule has 0 fully saturated rings. The van der Waals surface area contributed by atoms with Crippen LogP contribution in [0.1, 0.15) is 23.6 Å². The molecule has 0 aliphatic carbocycles. The van der Waals surface area contributed by atoms with Crippen LogP contribution in [0.2, 0.25) is 0 Å². The van der Waals surface area contributed by atoms with E-state index in [9.17, 15) is 26.3 Å². The highest BCUT2D eigenvalue weighted by Crippen LogP contribution is 2.37. The van der Waals surface area contributed by atoms with Crippen molar-refractivity contribution in [2.24, 2.45) is 0 Å². The Labute approximate surface area is 106 Å². The molecule has 0 N–H and O–H groups in total. The van der Waals surface area contributed by atoms with Gasteiger partial charge in [-0.3, -0.25) is 0 Å². The Morgan fingerprint density at radius 1 is 0.947 bits per heavy atom. The highest BCUT2D eigenvalue weighted by atomic mass is 19.4. The monoisotopic (exact) mass is 280 g/mol. The number of rotatable bonds is 2. The van der Waals surface area contributed by atoms with Gasteiger partial charge in [0.15, 0.2) is 0 Å². The van der Waals surface area contributed by atoms with Crippen LogP contribution in [0.25, 0.3) is 5.57 Å². The zero-order valence-corrected chi connectivity index (χ0v) is 9.86. The molecular formula is C13H10F6. The van der Waals surface area contributed by atoms with Gasteiger partial charge in [-0.2, -0.15) is 26.3 Å². The number of hydrogen-bond donors (Lipinski definition) is 0. The normalized spacial score (nSPS) is 13.5. The Kier molecular flexibility index (Phi) is 4.12. The highest BCUT2D eigenvalue weighted by molar-refractivity contribution is 5.74. The summed E-state index contributed by atoms with van der Waals surface area (Å²) in [5.74, 6) is 0. The fourth-order valence-corrected chi connectivity index (χ4v) is 1.52. The standard InChI is InChI=1S/C13H10F6/c1-3-8(4-2)9-5-10(12(14,15)16)7-11(6-9)13(17,18)19/h3-7H,1H2,2H3/b8-4+. The summed E-state index contributed by atoms with van der Waals surface area (Å²) in [5, 5.41) is 0. The van der Waals surface area contributed by atoms with Crippen molar-refractivity contribution in [3.8, 4) is 0 Å². The van der Waals surface area contributed by atoms with E-state index < -0.39 is 23.5 Å². The van der Waals surface area contributed by atoms with Crippen LogP contribution in [-0.4, -0.2) is 0 Å². The van der Waals surface area contributed by atoms with Gasteiger partial charge in [0.05, 0.1) is 11.1 Å². The summed E-state index contributed by atoms with van der Waals surface area (Å²) in [6, 6.07) is 1.44. The molecule has 0 bridgehead atoms. The molecule has 1 aromatic rings. The van der Waals surface area contributed by atoms with Gasteiger partial charge in [0.25, 0.3) is 0 Å². The van der Waals surface area contributed by atoms with E-state index >= 15 is 0 Å². The van der Waals surface area contributed by atoms with Crippen LogP contribution in [0.15, 0.2) is 36.9 Å². The summed E-state index contributed by atoms with van der Waals surface area (Å²) in [4.78, 5) is 0. The zero-order chi connectivity index (χ0) is 14.8. The number of halogens is 6. The Bertz CT molecular complexity index is 473. The second kappa shape index (κ2) is 5.11. The first kappa shape index (κ1) is 15.3. The maximum absolute atomic E-state index is 12.6. The minimum Gasteiger partial charge on any atom is -0.166 e. The van der Waals surface area contributed by atoms with E-state index in [0.29, 0.717) is 12.1 Å². The van der Waals surface area contributed by atoms with E-state index in [-0.39, 0.29) is 17.2 Å². The van der Waals surface area contributed by atoms with Crippen LogP contribution in [-0.2, 0) is 12.4 Å². The molecule has 0 amide bonds. The summed E-state index contributed by atoms with van der Waals surface area (Å²) < 4.78 is 75.6. The number of hydrogen-bond acceptors (Lipinski definition) is 0. The third-order valence-electron chi connectivity index (χ3n) is 2.45. The van der Waals surface area contributed by atoms with Crippen molar-refractivity contribution in [2.45, 2.75) is 19.3 Å². The molecule has 0 aromatic heterocycles. The molecule has 1 rings (SSSR count). The van der Waals surface area contributed by atoms with Crippen molar-refractivity contribution >= 4 is 5.57 Å². The lowest BCUT2D eigenvalue weighted by Crippen LogP contribution is -2.11. The van der Waals surface area contributed by atoms with Gasteiger partial charge in [-0.05, 0) is 36.3 Å². The summed E-state index contributed by atoms with van der Waals surface area (Å²) >= 11 is 0. The van der Waals surface area contributed by atoms with Crippen LogP contribution < -0.4 is 0 Å². The molecule has 0 saturated carbocycles. The van der Waals surface area contributed by atoms with Crippen LogP contribution in [0, 0.1) is 0 Å². The summed E-state index contributed by atoms with van der Waals surface area (Å²) in [6.45, 7) is 4.87. The van der Waals surface area contributed by atoms with Crippen molar-refractivity contribution in [1.82, 2.24) is 0 Å². The fraction of sp³-hybridized carbons (Fsp3) is 0.231. The predicted octanol–water partition coefficient (Wildman–Crippen LogP) is 5.31. The van der Waals surface area contributed by atoms with Crippen molar-refractivity contribution in [1.29, 1.82) is 0 Å². The van der Waals surface area contributed by atoms with Crippen molar-refractivity contribution < 1.29 is 26.3 Å². The quantitative estimate of drug-likeness (QED) is 0.508. The first-order chi connectivity index (χ1) is 8.59. The number of alkyl halides is 6. The second-order valence-electron chi connectivity index (χ2n) is 3.74. The SMILES string of the molecule is C=C/C(=C\C)c1cc(C(F)(F)F)cc(C(F)(F)F)c1. The largest absolute Gasteiger partial charge is 0.416 e. The molecule has 104 valence electrons. The Hall–Kier alpha value is -1.72. The van der Waals surface area contributed by atoms with Gasteiger partial charge in [0.1, 0.15) is 0 Å². The third kappa shape index (κ3) is 3.62. The lowest BCUT2D eigenvalue weighted by molar-refractivity contribution is -0.143. The van der Waals surface area contributed by atoms with Crippen molar-refractivity contribution in [3.05, 3.63) is 53.6 Å². The van der Waals surface area contributed by atoms with Gasteiger partial charge < -0.3 is 0 Å². The van der Waals surface area contributed by atoms with E-state index in [1.165, 1.54) is 19.1 Å². The number of benzene rings is 1. The minimum atomic E-state index is -4.84. The molecule has 0 aliphatic rings. The Morgan fingerprint density at radius 3 is 1.63 bits per heavy atom. The second-order valence-corrected chi connectivity index (χ2v) is 3.74. The van der Waals surface area contributed by atoms with Crippen molar-refractivity contribution in [3.63, 3.8) is 0 Å². The molecular weight excluding hydrogens is 270 g/mol. The van der Waals surface area contributed by atoms with E-state index in [2.05, 4.69) is 6.58 Å². The molecule has 0 nitrogen and oxygen atoms in total. The van der Waals surface area contributed by atoms with E-state index in [1.54, 1.807) is 0 Å². The summed E-state index contributed by atoms with van der Waals surface area (Å²) in [5.41, 5.74) is -2.63. The van der Waals surface area contributed by atoms with Gasteiger partial charge >= 0.3 is 12.4 Å². The topological polar surface area (TPSA) is 0 Å². The predicted molar refractivity (Wildman–Crippen MR) is 60.3 cm³/mol. The van der Waals surface area contributed by atoms with Gasteiger partial charge in [0, 0.05) is 0 Å². The van der Waals surface area contributed by atoms with E-state index in [4.69, 9.17) is 0 Å². The van der Waals surface area contributed by atoms with Crippen LogP contribution in [0.3, 0.4) is 0 Å². The summed E-state index contributed by atoms with van der Waals surface area (Å²) in [6.07, 6.45) is -7.08. The molecule has 0 unspecified atom stereocenters. The van der Waals surface area contributed by atoms with Gasteiger partial charge in [0.2, 0.25) is 0 Å². The zero-order valence-electron chi connectivity index (χ0n) is 9.86. The fourth-order valence-electron chi connectivity index (χ4n) is 1.52. The van der Waals surface area contributed by atoms with Gasteiger partial charge in [-0.15, -0.1) is 0 Å². The maximum atomic E-state index is 12.6. The van der Waals surface area contributed by atoms with Crippen molar-refractivity contribution in [2.75, 3.05) is 0 Å². The van der Waals surface area contributed by atoms with E-state index in [1.807, 2.05) is 0 Å². The molecule has 1 aromatic carbocycles. The molecule has 6 heteroatoms. The average Bonchev–Trinajstić information content (AvgIpc) is 2.28. The van der Waals surface area contributed by atoms with Crippen LogP contribution in [0.5, 0.6) is 0 Å². The number of allylic oxidation sites excluding steroid dienone is 3. The molecule has 0 aliphatic heterocycles. The molecule has 0 saturated heterocycles. The first-order valence-corrected chi connectivity index (χ1v) is 5.18. The average molecular weight is 280 g/mol. The molecule has 0 heterocycles.